The second-order valence-corrected chi connectivity index (χ2v) is 6.55. The number of rotatable bonds is 9. The highest BCUT2D eigenvalue weighted by Crippen LogP contribution is 2.25. The molecule has 0 bridgehead atoms. The molecule has 2 heterocycles. The Bertz CT molecular complexity index is 811. The summed E-state index contributed by atoms with van der Waals surface area (Å²) in [4.78, 5) is 20.3. The zero-order chi connectivity index (χ0) is 20.0. The van der Waals surface area contributed by atoms with Crippen LogP contribution in [0.1, 0.15) is 47.8 Å². The fraction of sp³-hybridized carbons (Fsp3) is 0.421. The normalized spacial score (nSPS) is 11.9. The number of carbonyl (C=O) groups is 1. The molecule has 0 aliphatic carbocycles. The van der Waals surface area contributed by atoms with Gasteiger partial charge in [-0.05, 0) is 38.0 Å². The number of hydrogen-bond acceptors (Lipinski definition) is 6. The molecule has 27 heavy (non-hydrogen) atoms. The lowest BCUT2D eigenvalue weighted by Gasteiger charge is -2.19. The fourth-order valence-corrected chi connectivity index (χ4v) is 2.61. The molecule has 0 saturated heterocycles. The third-order valence-corrected chi connectivity index (χ3v) is 4.38. The highest BCUT2D eigenvalue weighted by Gasteiger charge is 2.18. The number of primary amides is 1. The summed E-state index contributed by atoms with van der Waals surface area (Å²) >= 11 is 0. The molecule has 0 aliphatic rings. The van der Waals surface area contributed by atoms with E-state index in [0.29, 0.717) is 12.2 Å². The van der Waals surface area contributed by atoms with Crippen molar-refractivity contribution in [1.29, 1.82) is 0 Å². The van der Waals surface area contributed by atoms with Crippen LogP contribution in [0.5, 0.6) is 0 Å². The summed E-state index contributed by atoms with van der Waals surface area (Å²) in [6.45, 7) is 6.25. The van der Waals surface area contributed by atoms with Gasteiger partial charge in [-0.1, -0.05) is 19.8 Å². The van der Waals surface area contributed by atoms with Crippen LogP contribution in [0.25, 0.3) is 0 Å². The number of hydrogen-bond donors (Lipinski definition) is 4. The van der Waals surface area contributed by atoms with Crippen LogP contribution in [0, 0.1) is 19.7 Å². The van der Waals surface area contributed by atoms with Gasteiger partial charge in [0.2, 0.25) is 0 Å². The van der Waals surface area contributed by atoms with Gasteiger partial charge in [0.05, 0.1) is 17.4 Å². The molecular formula is C19H27FN6O. The molecule has 1 atom stereocenters. The molecule has 0 aliphatic heterocycles. The smallest absolute Gasteiger partial charge is 0.252 e. The monoisotopic (exact) mass is 374 g/mol. The summed E-state index contributed by atoms with van der Waals surface area (Å²) in [6, 6.07) is 2.85. The van der Waals surface area contributed by atoms with Gasteiger partial charge < -0.3 is 22.1 Å². The van der Waals surface area contributed by atoms with Crippen LogP contribution >= 0.6 is 0 Å². The van der Waals surface area contributed by atoms with Crippen LogP contribution < -0.4 is 22.1 Å². The number of nitrogens with two attached hydrogens (primary N) is 2. The van der Waals surface area contributed by atoms with Crippen molar-refractivity contribution in [3.8, 4) is 0 Å². The van der Waals surface area contributed by atoms with Crippen LogP contribution in [0.4, 0.5) is 21.7 Å². The number of anilines is 3. The molecular weight excluding hydrogens is 347 g/mol. The molecule has 2 aromatic heterocycles. The van der Waals surface area contributed by atoms with E-state index in [1.54, 1.807) is 6.20 Å². The number of unbranched alkanes of at least 4 members (excludes halogenated alkanes) is 1. The number of aryl methyl sites for hydroxylation is 2. The van der Waals surface area contributed by atoms with Crippen LogP contribution in [0.3, 0.4) is 0 Å². The van der Waals surface area contributed by atoms with Gasteiger partial charge in [-0.15, -0.1) is 0 Å². The third-order valence-electron chi connectivity index (χ3n) is 4.38. The zero-order valence-electron chi connectivity index (χ0n) is 16.0. The van der Waals surface area contributed by atoms with Gasteiger partial charge in [-0.3, -0.25) is 9.78 Å². The minimum Gasteiger partial charge on any atom is -0.365 e. The molecule has 0 fully saturated rings. The molecule has 8 heteroatoms. The minimum absolute atomic E-state index is 0.0332. The first-order chi connectivity index (χ1) is 12.8. The van der Waals surface area contributed by atoms with E-state index in [-0.39, 0.29) is 23.2 Å². The maximum Gasteiger partial charge on any atom is 0.252 e. The van der Waals surface area contributed by atoms with Crippen molar-refractivity contribution >= 4 is 23.2 Å². The highest BCUT2D eigenvalue weighted by atomic mass is 19.1. The maximum absolute atomic E-state index is 14.5. The van der Waals surface area contributed by atoms with Crippen LogP contribution in [-0.4, -0.2) is 28.5 Å². The number of aromatic nitrogens is 2. The van der Waals surface area contributed by atoms with Gasteiger partial charge >= 0.3 is 0 Å². The molecule has 2 aromatic rings. The van der Waals surface area contributed by atoms with Crippen molar-refractivity contribution in [3.63, 3.8) is 0 Å². The van der Waals surface area contributed by atoms with E-state index >= 15 is 0 Å². The van der Waals surface area contributed by atoms with E-state index in [2.05, 4.69) is 27.5 Å². The average molecular weight is 374 g/mol. The standard InChI is InChI=1S/C19H27FN6O/c1-4-5-6-13(9-21)24-19-16(20)8-15(17(22)27)18(26-19)25-14-7-11(2)12(3)23-10-14/h7-8,10,13H,4-6,9,21H2,1-3H3,(H2,22,27)(H2,24,25,26)/t13-/m1/s1. The van der Waals surface area contributed by atoms with Crippen molar-refractivity contribution < 1.29 is 9.18 Å². The van der Waals surface area contributed by atoms with E-state index in [1.165, 1.54) is 0 Å². The Balaban J connectivity index is 2.35. The van der Waals surface area contributed by atoms with Crippen molar-refractivity contribution in [2.75, 3.05) is 17.2 Å². The lowest BCUT2D eigenvalue weighted by Crippen LogP contribution is -2.30. The lowest BCUT2D eigenvalue weighted by molar-refractivity contribution is 0.100. The minimum atomic E-state index is -0.770. The Morgan fingerprint density at radius 1 is 1.30 bits per heavy atom. The largest absolute Gasteiger partial charge is 0.365 e. The number of nitrogens with one attached hydrogen (secondary N) is 2. The van der Waals surface area contributed by atoms with Crippen molar-refractivity contribution in [2.45, 2.75) is 46.1 Å². The van der Waals surface area contributed by atoms with Crippen LogP contribution in [0.15, 0.2) is 18.3 Å². The average Bonchev–Trinajstić information content (AvgIpc) is 2.63. The van der Waals surface area contributed by atoms with Gasteiger partial charge in [-0.2, -0.15) is 0 Å². The summed E-state index contributed by atoms with van der Waals surface area (Å²) in [6.07, 6.45) is 4.40. The third kappa shape index (κ3) is 5.37. The first-order valence-electron chi connectivity index (χ1n) is 9.02. The highest BCUT2D eigenvalue weighted by molar-refractivity contribution is 5.98. The van der Waals surface area contributed by atoms with Gasteiger partial charge in [0.25, 0.3) is 5.91 Å². The van der Waals surface area contributed by atoms with Gasteiger partial charge in [0.15, 0.2) is 11.6 Å². The molecule has 6 N–H and O–H groups in total. The first kappa shape index (κ1) is 20.6. The van der Waals surface area contributed by atoms with Gasteiger partial charge in [0.1, 0.15) is 5.82 Å². The second-order valence-electron chi connectivity index (χ2n) is 6.55. The number of halogens is 1. The Kier molecular flexibility index (Phi) is 7.06. The second kappa shape index (κ2) is 9.27. The number of pyridine rings is 2. The molecule has 146 valence electrons. The Labute approximate surface area is 158 Å². The van der Waals surface area contributed by atoms with E-state index in [9.17, 15) is 9.18 Å². The summed E-state index contributed by atoms with van der Waals surface area (Å²) in [7, 11) is 0. The first-order valence-corrected chi connectivity index (χ1v) is 9.02. The van der Waals surface area contributed by atoms with Crippen molar-refractivity contribution in [3.05, 3.63) is 41.0 Å². The summed E-state index contributed by atoms with van der Waals surface area (Å²) in [5.74, 6) is -1.22. The SMILES string of the molecule is CCCC[C@H](CN)Nc1nc(Nc2cnc(C)c(C)c2)c(C(N)=O)cc1F. The topological polar surface area (TPSA) is 119 Å². The molecule has 0 radical (unpaired) electrons. The number of amides is 1. The Morgan fingerprint density at radius 3 is 2.63 bits per heavy atom. The summed E-state index contributed by atoms with van der Waals surface area (Å²) < 4.78 is 14.5. The lowest BCUT2D eigenvalue weighted by atomic mass is 10.1. The molecule has 0 saturated carbocycles. The quantitative estimate of drug-likeness (QED) is 0.536. The van der Waals surface area contributed by atoms with Crippen LogP contribution in [-0.2, 0) is 0 Å². The summed E-state index contributed by atoms with van der Waals surface area (Å²) in [5.41, 5.74) is 13.6. The summed E-state index contributed by atoms with van der Waals surface area (Å²) in [5, 5.41) is 6.04. The predicted octanol–water partition coefficient (Wildman–Crippen LogP) is 3.00. The van der Waals surface area contributed by atoms with Gasteiger partial charge in [0, 0.05) is 18.3 Å². The molecule has 2 rings (SSSR count). The molecule has 0 unspecified atom stereocenters. The molecule has 0 aromatic carbocycles. The Morgan fingerprint density at radius 2 is 2.04 bits per heavy atom. The fourth-order valence-electron chi connectivity index (χ4n) is 2.61. The van der Waals surface area contributed by atoms with Crippen molar-refractivity contribution in [1.82, 2.24) is 9.97 Å². The number of nitrogens with zero attached hydrogens (tertiary/aromatic N) is 2. The van der Waals surface area contributed by atoms with Crippen LogP contribution in [0.2, 0.25) is 0 Å². The number of carbonyl (C=O) groups excluding carboxylic acids is 1. The van der Waals surface area contributed by atoms with E-state index < -0.39 is 11.7 Å². The maximum atomic E-state index is 14.5. The van der Waals surface area contributed by atoms with E-state index in [0.717, 1.165) is 36.6 Å². The molecule has 7 nitrogen and oxygen atoms in total. The van der Waals surface area contributed by atoms with E-state index in [1.807, 2.05) is 19.9 Å². The molecule has 1 amide bonds. The predicted molar refractivity (Wildman–Crippen MR) is 106 cm³/mol. The Hall–Kier alpha value is -2.74. The zero-order valence-corrected chi connectivity index (χ0v) is 16.0. The molecule has 0 spiro atoms. The van der Waals surface area contributed by atoms with Gasteiger partial charge in [-0.25, -0.2) is 9.37 Å². The van der Waals surface area contributed by atoms with Crippen molar-refractivity contribution in [2.24, 2.45) is 11.5 Å². The van der Waals surface area contributed by atoms with E-state index in [4.69, 9.17) is 11.5 Å².